The topological polar surface area (TPSA) is 66.8 Å². The second-order valence-corrected chi connectivity index (χ2v) is 4.16. The van der Waals surface area contributed by atoms with Gasteiger partial charge in [-0.05, 0) is 24.0 Å². The average molecular weight is 252 g/mol. The first-order chi connectivity index (χ1) is 8.59. The van der Waals surface area contributed by atoms with Crippen molar-refractivity contribution in [2.45, 2.75) is 32.0 Å². The summed E-state index contributed by atoms with van der Waals surface area (Å²) in [4.78, 5) is 10.9. The van der Waals surface area contributed by atoms with E-state index in [0.29, 0.717) is 5.56 Å². The van der Waals surface area contributed by atoms with E-state index in [2.05, 4.69) is 0 Å². The van der Waals surface area contributed by atoms with E-state index in [9.17, 15) is 14.2 Å². The summed E-state index contributed by atoms with van der Waals surface area (Å²) in [6.45, 7) is 4.00. The van der Waals surface area contributed by atoms with Crippen LogP contribution < -0.4 is 4.65 Å². The highest BCUT2D eigenvalue weighted by Crippen LogP contribution is 2.60. The van der Waals surface area contributed by atoms with Crippen molar-refractivity contribution in [2.24, 2.45) is 0 Å². The minimum absolute atomic E-state index is 0.0150. The number of fused-ring (bicyclic) bond motifs is 3. The van der Waals surface area contributed by atoms with Crippen molar-refractivity contribution in [1.29, 1.82) is 0 Å². The van der Waals surface area contributed by atoms with Crippen molar-refractivity contribution < 1.29 is 24.0 Å². The third kappa shape index (κ3) is 1.86. The SMILES string of the molecule is CC.O=C(O)c1c(F)ccc2c1OB(O)C1CC21. The summed E-state index contributed by atoms with van der Waals surface area (Å²) in [6.07, 6.45) is 0.763. The summed E-state index contributed by atoms with van der Waals surface area (Å²) < 4.78 is 18.4. The van der Waals surface area contributed by atoms with E-state index in [1.807, 2.05) is 13.8 Å². The second-order valence-electron chi connectivity index (χ2n) is 4.16. The maximum Gasteiger partial charge on any atom is 0.526 e. The second kappa shape index (κ2) is 4.61. The molecule has 1 fully saturated rings. The van der Waals surface area contributed by atoms with E-state index in [4.69, 9.17) is 9.76 Å². The molecule has 1 aliphatic carbocycles. The molecule has 0 spiro atoms. The Morgan fingerprint density at radius 2 is 2.17 bits per heavy atom. The Bertz CT molecular complexity index is 491. The van der Waals surface area contributed by atoms with Crippen LogP contribution in [0.1, 0.15) is 42.1 Å². The summed E-state index contributed by atoms with van der Waals surface area (Å²) >= 11 is 0. The largest absolute Gasteiger partial charge is 0.535 e. The van der Waals surface area contributed by atoms with Gasteiger partial charge in [-0.15, -0.1) is 0 Å². The minimum Gasteiger partial charge on any atom is -0.535 e. The third-order valence-corrected chi connectivity index (χ3v) is 3.20. The van der Waals surface area contributed by atoms with Gasteiger partial charge in [0.2, 0.25) is 0 Å². The average Bonchev–Trinajstić information content (AvgIpc) is 3.11. The van der Waals surface area contributed by atoms with Crippen molar-refractivity contribution in [3.05, 3.63) is 29.1 Å². The lowest BCUT2D eigenvalue weighted by Gasteiger charge is -2.21. The Kier molecular flexibility index (Phi) is 3.30. The molecule has 2 unspecified atom stereocenters. The molecule has 1 aromatic carbocycles. The number of rotatable bonds is 1. The summed E-state index contributed by atoms with van der Waals surface area (Å²) in [7, 11) is -1.02. The predicted molar refractivity (Wildman–Crippen MR) is 64.4 cm³/mol. The monoisotopic (exact) mass is 252 g/mol. The van der Waals surface area contributed by atoms with Gasteiger partial charge in [0.05, 0.1) is 0 Å². The molecule has 0 saturated heterocycles. The fraction of sp³-hybridized carbons (Fsp3) is 0.417. The maximum absolute atomic E-state index is 13.4. The zero-order valence-corrected chi connectivity index (χ0v) is 10.2. The van der Waals surface area contributed by atoms with Gasteiger partial charge in [0, 0.05) is 5.82 Å². The molecular formula is C12H14BFO4. The number of carboxylic acid groups (broad SMARTS) is 1. The summed E-state index contributed by atoms with van der Waals surface area (Å²) in [5, 5.41) is 18.4. The lowest BCUT2D eigenvalue weighted by molar-refractivity contribution is 0.0689. The van der Waals surface area contributed by atoms with Crippen molar-refractivity contribution in [2.75, 3.05) is 0 Å². The first kappa shape index (κ1) is 12.9. The molecule has 1 heterocycles. The van der Waals surface area contributed by atoms with Gasteiger partial charge in [-0.2, -0.15) is 0 Å². The van der Waals surface area contributed by atoms with E-state index in [-0.39, 0.29) is 17.5 Å². The quantitative estimate of drug-likeness (QED) is 0.752. The van der Waals surface area contributed by atoms with Crippen LogP contribution in [0.5, 0.6) is 5.75 Å². The van der Waals surface area contributed by atoms with Gasteiger partial charge < -0.3 is 14.8 Å². The van der Waals surface area contributed by atoms with Gasteiger partial charge in [-0.3, -0.25) is 0 Å². The van der Waals surface area contributed by atoms with Crippen molar-refractivity contribution in [3.63, 3.8) is 0 Å². The number of hydrogen-bond donors (Lipinski definition) is 2. The molecule has 0 bridgehead atoms. The smallest absolute Gasteiger partial charge is 0.526 e. The summed E-state index contributed by atoms with van der Waals surface area (Å²) in [5.41, 5.74) is 0.205. The normalized spacial score (nSPS) is 23.0. The van der Waals surface area contributed by atoms with Crippen molar-refractivity contribution in [3.8, 4) is 5.75 Å². The van der Waals surface area contributed by atoms with Crippen molar-refractivity contribution in [1.82, 2.24) is 0 Å². The van der Waals surface area contributed by atoms with Crippen LogP contribution in [0, 0.1) is 5.82 Å². The van der Waals surface area contributed by atoms with Gasteiger partial charge in [0.25, 0.3) is 0 Å². The zero-order chi connectivity index (χ0) is 13.4. The number of aromatic carboxylic acids is 1. The van der Waals surface area contributed by atoms with Crippen LogP contribution in [-0.4, -0.2) is 23.2 Å². The molecule has 3 rings (SSSR count). The first-order valence-corrected chi connectivity index (χ1v) is 6.00. The summed E-state index contributed by atoms with van der Waals surface area (Å²) in [5.74, 6) is -2.09. The number of carbonyl (C=O) groups is 1. The zero-order valence-electron chi connectivity index (χ0n) is 10.2. The van der Waals surface area contributed by atoms with Gasteiger partial charge in [0.15, 0.2) is 0 Å². The minimum atomic E-state index is -1.37. The van der Waals surface area contributed by atoms with E-state index >= 15 is 0 Å². The number of halogens is 1. The van der Waals surface area contributed by atoms with Crippen LogP contribution in [0.4, 0.5) is 4.39 Å². The Hall–Kier alpha value is -1.56. The fourth-order valence-electron chi connectivity index (χ4n) is 2.29. The molecule has 18 heavy (non-hydrogen) atoms. The maximum atomic E-state index is 13.4. The molecule has 96 valence electrons. The molecule has 1 saturated carbocycles. The Morgan fingerprint density at radius 1 is 1.50 bits per heavy atom. The van der Waals surface area contributed by atoms with Crippen LogP contribution in [-0.2, 0) is 0 Å². The molecule has 6 heteroatoms. The molecule has 0 radical (unpaired) electrons. The third-order valence-electron chi connectivity index (χ3n) is 3.20. The highest BCUT2D eigenvalue weighted by molar-refractivity contribution is 6.48. The lowest BCUT2D eigenvalue weighted by atomic mass is 9.77. The highest BCUT2D eigenvalue weighted by atomic mass is 19.1. The summed E-state index contributed by atoms with van der Waals surface area (Å²) in [6, 6.07) is 2.67. The van der Waals surface area contributed by atoms with Gasteiger partial charge in [0.1, 0.15) is 17.1 Å². The number of benzene rings is 1. The molecule has 2 N–H and O–H groups in total. The number of hydrogen-bond acceptors (Lipinski definition) is 3. The molecule has 0 aromatic heterocycles. The Balaban J connectivity index is 0.000000574. The molecular weight excluding hydrogens is 238 g/mol. The lowest BCUT2D eigenvalue weighted by Crippen LogP contribution is -2.27. The Morgan fingerprint density at radius 3 is 2.78 bits per heavy atom. The first-order valence-electron chi connectivity index (χ1n) is 6.00. The van der Waals surface area contributed by atoms with E-state index in [0.717, 1.165) is 12.5 Å². The highest BCUT2D eigenvalue weighted by Gasteiger charge is 2.54. The molecule has 1 aromatic rings. The van der Waals surface area contributed by atoms with Crippen LogP contribution >= 0.6 is 0 Å². The molecule has 4 nitrogen and oxygen atoms in total. The van der Waals surface area contributed by atoms with Crippen LogP contribution in [0.3, 0.4) is 0 Å². The van der Waals surface area contributed by atoms with E-state index in [1.165, 1.54) is 6.07 Å². The van der Waals surface area contributed by atoms with Crippen LogP contribution in [0.2, 0.25) is 5.82 Å². The Labute approximate surface area is 105 Å². The standard InChI is InChI=1S/C10H8BFO4.C2H6/c12-7-2-1-4-5-3-6(5)11(15)16-9(4)8(7)10(13)14;1-2/h1-2,5-6,15H,3H2,(H,13,14);1-2H3. The van der Waals surface area contributed by atoms with Gasteiger partial charge >= 0.3 is 13.1 Å². The predicted octanol–water partition coefficient (Wildman–Crippen LogP) is 2.28. The molecule has 1 aliphatic heterocycles. The molecule has 2 atom stereocenters. The molecule has 0 amide bonds. The number of carboxylic acids is 1. The molecule has 2 aliphatic rings. The van der Waals surface area contributed by atoms with E-state index in [1.54, 1.807) is 0 Å². The van der Waals surface area contributed by atoms with E-state index < -0.39 is 24.5 Å². The van der Waals surface area contributed by atoms with Crippen LogP contribution in [0.25, 0.3) is 0 Å². The van der Waals surface area contributed by atoms with Crippen LogP contribution in [0.15, 0.2) is 12.1 Å². The van der Waals surface area contributed by atoms with Gasteiger partial charge in [-0.1, -0.05) is 19.9 Å². The van der Waals surface area contributed by atoms with Crippen molar-refractivity contribution >= 4 is 13.1 Å². The fourth-order valence-corrected chi connectivity index (χ4v) is 2.29. The van der Waals surface area contributed by atoms with Gasteiger partial charge in [-0.25, -0.2) is 9.18 Å².